The second kappa shape index (κ2) is 9.58. The first kappa shape index (κ1) is 22.4. The summed E-state index contributed by atoms with van der Waals surface area (Å²) >= 11 is 0. The quantitative estimate of drug-likeness (QED) is 0.813. The van der Waals surface area contributed by atoms with Gasteiger partial charge in [-0.3, -0.25) is 4.90 Å². The van der Waals surface area contributed by atoms with Crippen LogP contribution in [-0.2, 0) is 20.8 Å². The van der Waals surface area contributed by atoms with Crippen molar-refractivity contribution in [3.8, 4) is 5.75 Å². The Morgan fingerprint density at radius 2 is 2.04 bits per heavy atom. The second-order valence-electron chi connectivity index (χ2n) is 7.02. The van der Waals surface area contributed by atoms with Crippen LogP contribution in [0.3, 0.4) is 0 Å². The Bertz CT molecular complexity index is 655. The van der Waals surface area contributed by atoms with Gasteiger partial charge in [0.05, 0.1) is 19.8 Å². The molecule has 1 aromatic carbocycles. The van der Waals surface area contributed by atoms with Crippen molar-refractivity contribution in [2.45, 2.75) is 31.7 Å². The lowest BCUT2D eigenvalue weighted by molar-refractivity contribution is -0.192. The van der Waals surface area contributed by atoms with Gasteiger partial charge in [-0.25, -0.2) is 4.79 Å². The molecule has 1 aromatic rings. The maximum atomic E-state index is 10.6. The van der Waals surface area contributed by atoms with E-state index in [2.05, 4.69) is 17.0 Å². The molecule has 0 amide bonds. The van der Waals surface area contributed by atoms with Crippen LogP contribution in [0.25, 0.3) is 0 Å². The monoisotopic (exact) mass is 405 g/mol. The molecule has 0 bridgehead atoms. The number of carboxylic acids is 1. The first-order chi connectivity index (χ1) is 13.2. The van der Waals surface area contributed by atoms with Crippen LogP contribution in [-0.4, -0.2) is 68.8 Å². The number of alkyl halides is 3. The highest BCUT2D eigenvalue weighted by Gasteiger charge is 2.47. The molecule has 0 aliphatic carbocycles. The number of halogens is 3. The van der Waals surface area contributed by atoms with Gasteiger partial charge in [-0.15, -0.1) is 0 Å². The molecular formula is C19H26F3NO5. The first-order valence-electron chi connectivity index (χ1n) is 8.97. The molecule has 0 radical (unpaired) electrons. The zero-order valence-electron chi connectivity index (χ0n) is 16.0. The average Bonchev–Trinajstić information content (AvgIpc) is 3.05. The lowest BCUT2D eigenvalue weighted by Crippen LogP contribution is -2.51. The van der Waals surface area contributed by atoms with E-state index in [0.717, 1.165) is 51.4 Å². The zero-order valence-corrected chi connectivity index (χ0v) is 16.0. The van der Waals surface area contributed by atoms with E-state index in [-0.39, 0.29) is 5.41 Å². The Morgan fingerprint density at radius 3 is 2.64 bits per heavy atom. The summed E-state index contributed by atoms with van der Waals surface area (Å²) in [5, 5.41) is 7.12. The molecule has 2 atom stereocenters. The molecule has 2 aliphatic heterocycles. The SMILES string of the molecule is COC[C@@]12CCO[C@@H]1CCN(Cc1ccccc1OC)C2.O=C(O)C(F)(F)F. The lowest BCUT2D eigenvalue weighted by atomic mass is 9.77. The Balaban J connectivity index is 0.000000345. The van der Waals surface area contributed by atoms with E-state index in [1.165, 1.54) is 5.56 Å². The molecule has 2 saturated heterocycles. The largest absolute Gasteiger partial charge is 0.496 e. The summed E-state index contributed by atoms with van der Waals surface area (Å²) in [7, 11) is 3.53. The number of para-hydroxylation sites is 1. The smallest absolute Gasteiger partial charge is 0.490 e. The highest BCUT2D eigenvalue weighted by molar-refractivity contribution is 5.73. The van der Waals surface area contributed by atoms with Crippen molar-refractivity contribution in [3.63, 3.8) is 0 Å². The number of rotatable bonds is 5. The summed E-state index contributed by atoms with van der Waals surface area (Å²) in [4.78, 5) is 11.4. The highest BCUT2D eigenvalue weighted by Crippen LogP contribution is 2.41. The summed E-state index contributed by atoms with van der Waals surface area (Å²) in [5.74, 6) is -1.78. The summed E-state index contributed by atoms with van der Waals surface area (Å²) in [5.41, 5.74) is 1.43. The fourth-order valence-corrected chi connectivity index (χ4v) is 3.84. The number of benzene rings is 1. The number of piperidine rings is 1. The van der Waals surface area contributed by atoms with Gasteiger partial charge < -0.3 is 19.3 Å². The Kier molecular flexibility index (Phi) is 7.68. The van der Waals surface area contributed by atoms with Crippen molar-refractivity contribution >= 4 is 5.97 Å². The maximum Gasteiger partial charge on any atom is 0.490 e. The first-order valence-corrected chi connectivity index (χ1v) is 8.97. The molecule has 2 aliphatic rings. The van der Waals surface area contributed by atoms with E-state index in [1.54, 1.807) is 14.2 Å². The van der Waals surface area contributed by atoms with Gasteiger partial charge in [0, 0.05) is 44.3 Å². The average molecular weight is 405 g/mol. The van der Waals surface area contributed by atoms with Gasteiger partial charge in [-0.1, -0.05) is 18.2 Å². The molecule has 3 rings (SSSR count). The van der Waals surface area contributed by atoms with Crippen molar-refractivity contribution in [1.82, 2.24) is 4.90 Å². The Morgan fingerprint density at radius 1 is 1.36 bits per heavy atom. The van der Waals surface area contributed by atoms with Gasteiger partial charge in [0.25, 0.3) is 0 Å². The number of methoxy groups -OCH3 is 2. The van der Waals surface area contributed by atoms with Crippen molar-refractivity contribution < 1.29 is 37.3 Å². The molecule has 28 heavy (non-hydrogen) atoms. The number of hydrogen-bond acceptors (Lipinski definition) is 5. The molecule has 0 aromatic heterocycles. The van der Waals surface area contributed by atoms with Crippen LogP contribution in [0.5, 0.6) is 5.75 Å². The maximum absolute atomic E-state index is 10.6. The second-order valence-corrected chi connectivity index (χ2v) is 7.02. The van der Waals surface area contributed by atoms with Crippen LogP contribution in [0.4, 0.5) is 13.2 Å². The van der Waals surface area contributed by atoms with Crippen LogP contribution in [0.15, 0.2) is 24.3 Å². The topological polar surface area (TPSA) is 68.2 Å². The molecule has 0 unspecified atom stereocenters. The predicted octanol–water partition coefficient (Wildman–Crippen LogP) is 2.96. The van der Waals surface area contributed by atoms with E-state index >= 15 is 0 Å². The molecular weight excluding hydrogens is 379 g/mol. The summed E-state index contributed by atoms with van der Waals surface area (Å²) in [6, 6.07) is 8.28. The number of likely N-dealkylation sites (tertiary alicyclic amines) is 1. The summed E-state index contributed by atoms with van der Waals surface area (Å²) in [6.45, 7) is 4.72. The number of hydrogen-bond donors (Lipinski definition) is 1. The van der Waals surface area contributed by atoms with Crippen molar-refractivity contribution in [1.29, 1.82) is 0 Å². The van der Waals surface area contributed by atoms with Gasteiger partial charge >= 0.3 is 12.1 Å². The van der Waals surface area contributed by atoms with Gasteiger partial charge in [-0.2, -0.15) is 13.2 Å². The van der Waals surface area contributed by atoms with E-state index in [0.29, 0.717) is 6.10 Å². The van der Waals surface area contributed by atoms with Gasteiger partial charge in [-0.05, 0) is 18.9 Å². The minimum absolute atomic E-state index is 0.176. The Labute approximate surface area is 162 Å². The van der Waals surface area contributed by atoms with Crippen LogP contribution in [0.2, 0.25) is 0 Å². The third-order valence-corrected chi connectivity index (χ3v) is 5.11. The highest BCUT2D eigenvalue weighted by atomic mass is 19.4. The number of nitrogens with zero attached hydrogens (tertiary/aromatic N) is 1. The standard InChI is InChI=1S/C17H25NO3.C2HF3O2/c1-19-13-17-8-10-21-16(17)7-9-18(12-17)11-14-5-3-4-6-15(14)20-2;3-2(4,5)1(6)7/h3-6,16H,7-13H2,1-2H3;(H,6,7)/t16-,17+;/m1./s1. The molecule has 158 valence electrons. The predicted molar refractivity (Wildman–Crippen MR) is 95.2 cm³/mol. The fourth-order valence-electron chi connectivity index (χ4n) is 3.84. The number of carboxylic acid groups (broad SMARTS) is 1. The lowest BCUT2D eigenvalue weighted by Gasteiger charge is -2.43. The minimum atomic E-state index is -5.08. The zero-order chi connectivity index (χ0) is 20.8. The molecule has 2 heterocycles. The van der Waals surface area contributed by atoms with Gasteiger partial charge in [0.15, 0.2) is 0 Å². The molecule has 2 fully saturated rings. The molecule has 6 nitrogen and oxygen atoms in total. The van der Waals surface area contributed by atoms with E-state index in [4.69, 9.17) is 24.1 Å². The molecule has 0 spiro atoms. The summed E-state index contributed by atoms with van der Waals surface area (Å²) in [6.07, 6.45) is -2.52. The Hall–Kier alpha value is -1.84. The van der Waals surface area contributed by atoms with Crippen molar-refractivity contribution in [3.05, 3.63) is 29.8 Å². The molecule has 9 heteroatoms. The van der Waals surface area contributed by atoms with Crippen molar-refractivity contribution in [2.24, 2.45) is 5.41 Å². The fraction of sp³-hybridized carbons (Fsp3) is 0.632. The van der Waals surface area contributed by atoms with Gasteiger partial charge in [0.2, 0.25) is 0 Å². The van der Waals surface area contributed by atoms with Crippen molar-refractivity contribution in [2.75, 3.05) is 40.5 Å². The van der Waals surface area contributed by atoms with Crippen LogP contribution in [0.1, 0.15) is 18.4 Å². The van der Waals surface area contributed by atoms with E-state index in [9.17, 15) is 13.2 Å². The van der Waals surface area contributed by atoms with Gasteiger partial charge in [0.1, 0.15) is 5.75 Å². The third-order valence-electron chi connectivity index (χ3n) is 5.11. The van der Waals surface area contributed by atoms with E-state index < -0.39 is 12.1 Å². The van der Waals surface area contributed by atoms with Crippen LogP contribution in [0, 0.1) is 5.41 Å². The number of ether oxygens (including phenoxy) is 3. The molecule has 0 saturated carbocycles. The third kappa shape index (κ3) is 5.59. The van der Waals surface area contributed by atoms with Crippen LogP contribution < -0.4 is 4.74 Å². The van der Waals surface area contributed by atoms with E-state index in [1.807, 2.05) is 12.1 Å². The van der Waals surface area contributed by atoms with Crippen LogP contribution >= 0.6 is 0 Å². The number of carbonyl (C=O) groups is 1. The number of fused-ring (bicyclic) bond motifs is 1. The molecule has 1 N–H and O–H groups in total. The normalized spacial score (nSPS) is 24.8. The summed E-state index contributed by atoms with van der Waals surface area (Å²) < 4.78 is 48.6. The minimum Gasteiger partial charge on any atom is -0.496 e. The number of aliphatic carboxylic acids is 1.